The van der Waals surface area contributed by atoms with Gasteiger partial charge >= 0.3 is 0 Å². The second-order valence-electron chi connectivity index (χ2n) is 10.2. The number of benzene rings is 1. The lowest BCUT2D eigenvalue weighted by Crippen LogP contribution is -2.44. The normalized spacial score (nSPS) is 15.7. The molecule has 1 aliphatic heterocycles. The van der Waals surface area contributed by atoms with Crippen LogP contribution in [0.4, 0.5) is 10.2 Å². The number of aromatic nitrogens is 6. The molecule has 1 saturated heterocycles. The second-order valence-corrected chi connectivity index (χ2v) is 16.3. The van der Waals surface area contributed by atoms with E-state index in [1.807, 2.05) is 29.8 Å². The highest BCUT2D eigenvalue weighted by molar-refractivity contribution is 9.10. The predicted molar refractivity (Wildman–Crippen MR) is 190 cm³/mol. The molecule has 6 rings (SSSR count). The van der Waals surface area contributed by atoms with Crippen molar-refractivity contribution >= 4 is 110 Å². The number of hydrogen-bond donors (Lipinski definition) is 1. The van der Waals surface area contributed by atoms with Gasteiger partial charge in [0.1, 0.15) is 40.4 Å². The molecule has 1 fully saturated rings. The zero-order chi connectivity index (χ0) is 33.0. The predicted octanol–water partition coefficient (Wildman–Crippen LogP) is 3.91. The number of carbonyl (C=O) groups excluding carboxylic acids is 3. The number of ketones is 1. The number of imidazole rings is 1. The number of rotatable bonds is 6. The minimum Gasteiger partial charge on any atom is -0.326 e. The molecule has 46 heavy (non-hydrogen) atoms. The van der Waals surface area contributed by atoms with Crippen LogP contribution in [0, 0.1) is 0 Å². The highest BCUT2D eigenvalue weighted by Crippen LogP contribution is 2.29. The van der Waals surface area contributed by atoms with Crippen molar-refractivity contribution in [3.63, 3.8) is 0 Å². The molecule has 238 valence electrons. The Hall–Kier alpha value is -3.42. The van der Waals surface area contributed by atoms with Crippen molar-refractivity contribution in [2.45, 2.75) is 32.1 Å². The van der Waals surface area contributed by atoms with E-state index >= 15 is 0 Å². The number of amides is 2. The molecule has 5 aromatic rings. The number of aryl methyl sites for hydroxylation is 1. The summed E-state index contributed by atoms with van der Waals surface area (Å²) >= 11 is 12.1. The molecular formula is C28H24BrFN8O3S5. The quantitative estimate of drug-likeness (QED) is 0.202. The Morgan fingerprint density at radius 3 is 2.59 bits per heavy atom. The Balaban J connectivity index is 0.000000775. The number of halogens is 2. The van der Waals surface area contributed by atoms with Crippen LogP contribution in [0.2, 0.25) is 0 Å². The Bertz CT molecular complexity index is 2110. The number of nitrogens with one attached hydrogen (secondary N) is 1. The van der Waals surface area contributed by atoms with Crippen LogP contribution in [0.1, 0.15) is 23.8 Å². The third-order valence-electron chi connectivity index (χ3n) is 7.15. The van der Waals surface area contributed by atoms with E-state index in [0.717, 1.165) is 22.3 Å². The molecule has 0 saturated carbocycles. The number of likely N-dealkylation sites (tertiary alicyclic amines) is 1. The van der Waals surface area contributed by atoms with Gasteiger partial charge < -0.3 is 14.8 Å². The fourth-order valence-corrected chi connectivity index (χ4v) is 8.23. The van der Waals surface area contributed by atoms with Gasteiger partial charge in [0.05, 0.1) is 18.4 Å². The van der Waals surface area contributed by atoms with Crippen LogP contribution < -0.4 is 5.32 Å². The highest BCUT2D eigenvalue weighted by Gasteiger charge is 2.40. The van der Waals surface area contributed by atoms with Gasteiger partial charge in [-0.1, -0.05) is 12.1 Å². The zero-order valence-electron chi connectivity index (χ0n) is 24.1. The van der Waals surface area contributed by atoms with E-state index < -0.39 is 24.0 Å². The van der Waals surface area contributed by atoms with Gasteiger partial charge in [-0.2, -0.15) is 5.10 Å². The molecule has 2 atom stereocenters. The van der Waals surface area contributed by atoms with Crippen molar-refractivity contribution in [3.8, 4) is 11.1 Å². The van der Waals surface area contributed by atoms with E-state index in [2.05, 4.69) is 63.7 Å². The number of anilines is 1. The van der Waals surface area contributed by atoms with Gasteiger partial charge in [0.15, 0.2) is 11.4 Å². The molecule has 0 aliphatic carbocycles. The van der Waals surface area contributed by atoms with E-state index in [1.165, 1.54) is 43.1 Å². The summed E-state index contributed by atoms with van der Waals surface area (Å²) in [5, 5.41) is 7.66. The lowest BCUT2D eigenvalue weighted by Gasteiger charge is -2.23. The minimum absolute atomic E-state index is 0.123. The molecule has 0 bridgehead atoms. The van der Waals surface area contributed by atoms with Crippen molar-refractivity contribution in [1.29, 1.82) is 0 Å². The van der Waals surface area contributed by atoms with Gasteiger partial charge in [-0.05, 0) is 51.8 Å². The summed E-state index contributed by atoms with van der Waals surface area (Å²) in [7, 11) is 5.81. The summed E-state index contributed by atoms with van der Waals surface area (Å²) < 4.78 is 18.3. The smallest absolute Gasteiger partial charge is 0.248 e. The maximum absolute atomic E-state index is 14.5. The van der Waals surface area contributed by atoms with Gasteiger partial charge in [0, 0.05) is 86.6 Å². The van der Waals surface area contributed by atoms with Gasteiger partial charge in [0.2, 0.25) is 11.8 Å². The Kier molecular flexibility index (Phi) is 11.1. The zero-order valence-corrected chi connectivity index (χ0v) is 29.8. The molecular weight excluding hydrogens is 756 g/mol. The van der Waals surface area contributed by atoms with Crippen molar-refractivity contribution in [1.82, 2.24) is 34.2 Å². The first kappa shape index (κ1) is 33.9. The first-order valence-corrected chi connectivity index (χ1v) is 19.6. The number of carbonyl (C=O) groups is 3. The summed E-state index contributed by atoms with van der Waals surface area (Å²) in [5.74, 6) is -0.986. The van der Waals surface area contributed by atoms with E-state index in [1.54, 1.807) is 36.8 Å². The number of fused-ring (bicyclic) bond motifs is 2. The minimum atomic E-state index is -1.35. The van der Waals surface area contributed by atoms with Crippen LogP contribution in [-0.2, 0) is 72.2 Å². The van der Waals surface area contributed by atoms with Crippen molar-refractivity contribution in [2.24, 2.45) is 7.05 Å². The van der Waals surface area contributed by atoms with E-state index in [0.29, 0.717) is 15.5 Å². The average molecular weight is 780 g/mol. The topological polar surface area (TPSA) is 128 Å². The molecule has 18 heteroatoms. The van der Waals surface area contributed by atoms with Crippen LogP contribution >= 0.6 is 15.9 Å². The SMILES string of the molecule is CC(=O)c1nn(CC(=O)N2C[C@H](F)C[C@H]2C(=O)Nc2cccc(Br)n2)c2ccc(-c3cnc4c(c3)ncn4C)cc12.S=S=S=S=S. The van der Waals surface area contributed by atoms with Gasteiger partial charge in [-0.25, -0.2) is 19.3 Å². The molecule has 1 aliphatic rings. The molecule has 0 spiro atoms. The van der Waals surface area contributed by atoms with Crippen LogP contribution in [0.15, 0.2) is 59.6 Å². The second kappa shape index (κ2) is 15.0. The molecule has 1 N–H and O–H groups in total. The highest BCUT2D eigenvalue weighted by atomic mass is 79.9. The summed E-state index contributed by atoms with van der Waals surface area (Å²) in [6.07, 6.45) is 1.96. The number of hydrogen-bond acceptors (Lipinski definition) is 9. The standard InChI is InChI=1S/C28H24BrFN8O3.S5/c1-15(39)26-19-8-16(17-9-20-27(31-11-17)36(2)14-32-20)6-7-21(19)38(35-26)13-25(40)37-12-18(30)10-22(37)28(41)34-24-5-3-4-23(29)33-24;1-3-5-4-2/h3-9,11,14,18,22H,10,12-13H2,1-2H3,(H,33,34,41);/t18-,22+;/m1./s1. The molecule has 4 aromatic heterocycles. The maximum atomic E-state index is 14.5. The Morgan fingerprint density at radius 2 is 1.89 bits per heavy atom. The van der Waals surface area contributed by atoms with Crippen molar-refractivity contribution in [2.75, 3.05) is 11.9 Å². The summed E-state index contributed by atoms with van der Waals surface area (Å²) in [6, 6.07) is 11.4. The molecule has 5 heterocycles. The van der Waals surface area contributed by atoms with Crippen LogP contribution in [-0.4, -0.2) is 70.6 Å². The number of Topliss-reactive ketones (excluding diaryl/α,β-unsaturated/α-hetero) is 1. The first-order chi connectivity index (χ1) is 22.1. The molecule has 2 amide bonds. The molecule has 0 radical (unpaired) electrons. The van der Waals surface area contributed by atoms with E-state index in [4.69, 9.17) is 0 Å². The first-order valence-electron chi connectivity index (χ1n) is 13.5. The molecule has 1 aromatic carbocycles. The third kappa shape index (κ3) is 7.58. The monoisotopic (exact) mass is 778 g/mol. The largest absolute Gasteiger partial charge is 0.326 e. The fourth-order valence-electron chi connectivity index (χ4n) is 5.14. The Morgan fingerprint density at radius 1 is 1.11 bits per heavy atom. The molecule has 11 nitrogen and oxygen atoms in total. The number of pyridine rings is 2. The number of alkyl halides is 1. The van der Waals surface area contributed by atoms with E-state index in [-0.39, 0.29) is 36.8 Å². The third-order valence-corrected chi connectivity index (χ3v) is 12.0. The van der Waals surface area contributed by atoms with Crippen LogP contribution in [0.3, 0.4) is 0 Å². The van der Waals surface area contributed by atoms with Crippen LogP contribution in [0.25, 0.3) is 33.2 Å². The maximum Gasteiger partial charge on any atom is 0.248 e. The summed E-state index contributed by atoms with van der Waals surface area (Å²) in [5.41, 5.74) is 3.89. The van der Waals surface area contributed by atoms with E-state index in [9.17, 15) is 18.8 Å². The van der Waals surface area contributed by atoms with Crippen molar-refractivity contribution < 1.29 is 18.8 Å². The summed E-state index contributed by atoms with van der Waals surface area (Å²) in [4.78, 5) is 53.2. The lowest BCUT2D eigenvalue weighted by atomic mass is 10.0. The fraction of sp³-hybridized carbons (Fsp3) is 0.250. The molecule has 0 unspecified atom stereocenters. The number of nitrogens with zero attached hydrogens (tertiary/aromatic N) is 7. The average Bonchev–Trinajstić information content (AvgIpc) is 3.72. The van der Waals surface area contributed by atoms with Gasteiger partial charge in [0.25, 0.3) is 0 Å². The lowest BCUT2D eigenvalue weighted by molar-refractivity contribution is -0.137. The van der Waals surface area contributed by atoms with Crippen molar-refractivity contribution in [3.05, 3.63) is 65.3 Å². The summed E-state index contributed by atoms with van der Waals surface area (Å²) in [6.45, 7) is 0.928. The Labute approximate surface area is 289 Å². The van der Waals surface area contributed by atoms with Gasteiger partial charge in [-0.15, -0.1) is 0 Å². The van der Waals surface area contributed by atoms with Crippen LogP contribution in [0.5, 0.6) is 0 Å². The van der Waals surface area contributed by atoms with Gasteiger partial charge in [-0.3, -0.25) is 19.1 Å².